The Labute approximate surface area is 145 Å². The van der Waals surface area contributed by atoms with Gasteiger partial charge in [-0.05, 0) is 24.8 Å². The van der Waals surface area contributed by atoms with E-state index < -0.39 is 0 Å². The van der Waals surface area contributed by atoms with Gasteiger partial charge in [0.2, 0.25) is 5.91 Å². The number of esters is 1. The molecule has 0 radical (unpaired) electrons. The third kappa shape index (κ3) is 6.32. The first-order chi connectivity index (χ1) is 11.4. The minimum atomic E-state index is -0.339. The number of methoxy groups -OCH3 is 1. The molecule has 0 spiro atoms. The molecule has 1 rings (SSSR count). The monoisotopic (exact) mass is 334 g/mol. The van der Waals surface area contributed by atoms with Crippen molar-refractivity contribution in [2.45, 2.75) is 46.2 Å². The first-order valence-corrected chi connectivity index (χ1v) is 8.54. The lowest BCUT2D eigenvalue weighted by atomic mass is 10.0. The molecule has 2 atom stereocenters. The number of carbonyl (C=O) groups is 2. The highest BCUT2D eigenvalue weighted by molar-refractivity contribution is 5.79. The molecule has 1 N–H and O–H groups in total. The second kappa shape index (κ2) is 10.1. The van der Waals surface area contributed by atoms with Gasteiger partial charge in [0.1, 0.15) is 0 Å². The number of hydrogen-bond donors (Lipinski definition) is 1. The van der Waals surface area contributed by atoms with Gasteiger partial charge in [0.05, 0.1) is 20.2 Å². The molecule has 0 heterocycles. The number of ether oxygens (including phenoxy) is 1. The molecule has 0 bridgehead atoms. The van der Waals surface area contributed by atoms with Crippen molar-refractivity contribution in [2.75, 3.05) is 20.2 Å². The molecular formula is C19H30N2O3. The SMILES string of the molecule is CC[C@H](c1ccccc1)N(CC(=O)N[C@@H](C)C(C)C)CC(=O)OC. The molecule has 5 nitrogen and oxygen atoms in total. The molecule has 1 amide bonds. The first-order valence-electron chi connectivity index (χ1n) is 8.54. The normalized spacial score (nSPS) is 13.6. The summed E-state index contributed by atoms with van der Waals surface area (Å²) in [5.41, 5.74) is 1.09. The van der Waals surface area contributed by atoms with Gasteiger partial charge in [-0.15, -0.1) is 0 Å². The van der Waals surface area contributed by atoms with Gasteiger partial charge in [-0.1, -0.05) is 51.1 Å². The average molecular weight is 334 g/mol. The lowest BCUT2D eigenvalue weighted by Gasteiger charge is -2.30. The van der Waals surface area contributed by atoms with Crippen LogP contribution < -0.4 is 5.32 Å². The molecule has 0 aromatic heterocycles. The second-order valence-corrected chi connectivity index (χ2v) is 6.42. The Balaban J connectivity index is 2.90. The zero-order valence-electron chi connectivity index (χ0n) is 15.4. The molecule has 0 aliphatic rings. The van der Waals surface area contributed by atoms with E-state index in [0.29, 0.717) is 5.92 Å². The van der Waals surface area contributed by atoms with Crippen LogP contribution in [0, 0.1) is 5.92 Å². The number of amides is 1. The van der Waals surface area contributed by atoms with Crippen LogP contribution in [0.1, 0.15) is 45.7 Å². The summed E-state index contributed by atoms with van der Waals surface area (Å²) in [6.45, 7) is 8.43. The van der Waals surface area contributed by atoms with Crippen molar-refractivity contribution in [2.24, 2.45) is 5.92 Å². The molecule has 0 saturated heterocycles. The van der Waals surface area contributed by atoms with Gasteiger partial charge in [-0.3, -0.25) is 14.5 Å². The van der Waals surface area contributed by atoms with Crippen molar-refractivity contribution in [1.82, 2.24) is 10.2 Å². The summed E-state index contributed by atoms with van der Waals surface area (Å²) < 4.78 is 4.80. The van der Waals surface area contributed by atoms with Gasteiger partial charge >= 0.3 is 5.97 Å². The number of hydrogen-bond acceptors (Lipinski definition) is 4. The van der Waals surface area contributed by atoms with Crippen LogP contribution in [0.5, 0.6) is 0 Å². The van der Waals surface area contributed by atoms with Gasteiger partial charge in [-0.25, -0.2) is 0 Å². The maximum atomic E-state index is 12.4. The Bertz CT molecular complexity index is 517. The first kappa shape index (κ1) is 20.2. The highest BCUT2D eigenvalue weighted by Gasteiger charge is 2.24. The van der Waals surface area contributed by atoms with Crippen molar-refractivity contribution in [1.29, 1.82) is 0 Å². The van der Waals surface area contributed by atoms with Gasteiger partial charge in [0.25, 0.3) is 0 Å². The maximum absolute atomic E-state index is 12.4. The van der Waals surface area contributed by atoms with E-state index in [9.17, 15) is 9.59 Å². The summed E-state index contributed by atoms with van der Waals surface area (Å²) in [5, 5.41) is 3.00. The van der Waals surface area contributed by atoms with Crippen LogP contribution in [0.4, 0.5) is 0 Å². The molecule has 0 aliphatic carbocycles. The van der Waals surface area contributed by atoms with Crippen LogP contribution in [0.2, 0.25) is 0 Å². The summed E-state index contributed by atoms with van der Waals surface area (Å²) in [6.07, 6.45) is 0.800. The maximum Gasteiger partial charge on any atom is 0.319 e. The van der Waals surface area contributed by atoms with Crippen LogP contribution in [0.25, 0.3) is 0 Å². The zero-order chi connectivity index (χ0) is 18.1. The Morgan fingerprint density at radius 3 is 2.25 bits per heavy atom. The molecular weight excluding hydrogens is 304 g/mol. The predicted octanol–water partition coefficient (Wildman–Crippen LogP) is 2.77. The number of carbonyl (C=O) groups excluding carboxylic acids is 2. The van der Waals surface area contributed by atoms with Crippen molar-refractivity contribution < 1.29 is 14.3 Å². The highest BCUT2D eigenvalue weighted by atomic mass is 16.5. The fraction of sp³-hybridized carbons (Fsp3) is 0.579. The summed E-state index contributed by atoms with van der Waals surface area (Å²) in [5.74, 6) is -0.0531. The number of rotatable bonds is 9. The fourth-order valence-electron chi connectivity index (χ4n) is 2.54. The van der Waals surface area contributed by atoms with Crippen molar-refractivity contribution in [3.05, 3.63) is 35.9 Å². The number of benzene rings is 1. The van der Waals surface area contributed by atoms with Crippen molar-refractivity contribution >= 4 is 11.9 Å². The Morgan fingerprint density at radius 1 is 1.12 bits per heavy atom. The molecule has 0 aliphatic heterocycles. The second-order valence-electron chi connectivity index (χ2n) is 6.42. The Morgan fingerprint density at radius 2 is 1.75 bits per heavy atom. The lowest BCUT2D eigenvalue weighted by Crippen LogP contribution is -2.45. The largest absolute Gasteiger partial charge is 0.468 e. The molecule has 134 valence electrons. The average Bonchev–Trinajstić information content (AvgIpc) is 2.56. The van der Waals surface area contributed by atoms with E-state index >= 15 is 0 Å². The zero-order valence-corrected chi connectivity index (χ0v) is 15.4. The van der Waals surface area contributed by atoms with E-state index in [-0.39, 0.29) is 37.0 Å². The summed E-state index contributed by atoms with van der Waals surface area (Å²) in [7, 11) is 1.37. The van der Waals surface area contributed by atoms with E-state index in [0.717, 1.165) is 12.0 Å². The molecule has 1 aromatic rings. The summed E-state index contributed by atoms with van der Waals surface area (Å²) in [6, 6.07) is 10.0. The summed E-state index contributed by atoms with van der Waals surface area (Å²) >= 11 is 0. The summed E-state index contributed by atoms with van der Waals surface area (Å²) in [4.78, 5) is 26.1. The lowest BCUT2D eigenvalue weighted by molar-refractivity contribution is -0.143. The van der Waals surface area contributed by atoms with Gasteiger partial charge in [-0.2, -0.15) is 0 Å². The Hall–Kier alpha value is -1.88. The van der Waals surface area contributed by atoms with E-state index in [4.69, 9.17) is 4.74 Å². The van der Waals surface area contributed by atoms with Crippen LogP contribution in [-0.2, 0) is 14.3 Å². The van der Waals surface area contributed by atoms with Crippen LogP contribution in [-0.4, -0.2) is 43.0 Å². The minimum Gasteiger partial charge on any atom is -0.468 e. The molecule has 24 heavy (non-hydrogen) atoms. The van der Waals surface area contributed by atoms with Gasteiger partial charge < -0.3 is 10.1 Å². The highest BCUT2D eigenvalue weighted by Crippen LogP contribution is 2.23. The Kier molecular flexibility index (Phi) is 8.47. The molecule has 0 saturated carbocycles. The standard InChI is InChI=1S/C19H30N2O3/c1-6-17(16-10-8-7-9-11-16)21(13-19(23)24-5)12-18(22)20-15(4)14(2)3/h7-11,14-15,17H,6,12-13H2,1-5H3,(H,20,22)/t15-,17+/m0/s1. The van der Waals surface area contributed by atoms with Crippen LogP contribution in [0.15, 0.2) is 30.3 Å². The quantitative estimate of drug-likeness (QED) is 0.706. The smallest absolute Gasteiger partial charge is 0.319 e. The van der Waals surface area contributed by atoms with E-state index in [1.165, 1.54) is 7.11 Å². The third-order valence-electron chi connectivity index (χ3n) is 4.31. The topological polar surface area (TPSA) is 58.6 Å². The minimum absolute atomic E-state index is 0.00888. The number of nitrogens with one attached hydrogen (secondary N) is 1. The van der Waals surface area contributed by atoms with Crippen LogP contribution >= 0.6 is 0 Å². The number of nitrogens with zero attached hydrogens (tertiary/aromatic N) is 1. The van der Waals surface area contributed by atoms with Crippen LogP contribution in [0.3, 0.4) is 0 Å². The third-order valence-corrected chi connectivity index (χ3v) is 4.31. The predicted molar refractivity (Wildman–Crippen MR) is 95.5 cm³/mol. The molecule has 0 unspecified atom stereocenters. The molecule has 1 aromatic carbocycles. The van der Waals surface area contributed by atoms with E-state index in [1.807, 2.05) is 42.2 Å². The molecule has 5 heteroatoms. The van der Waals surface area contributed by atoms with E-state index in [1.54, 1.807) is 0 Å². The van der Waals surface area contributed by atoms with Gasteiger partial charge in [0.15, 0.2) is 0 Å². The van der Waals surface area contributed by atoms with Crippen molar-refractivity contribution in [3.8, 4) is 0 Å². The van der Waals surface area contributed by atoms with E-state index in [2.05, 4.69) is 26.1 Å². The fourth-order valence-corrected chi connectivity index (χ4v) is 2.54. The van der Waals surface area contributed by atoms with Crippen molar-refractivity contribution in [3.63, 3.8) is 0 Å². The molecule has 0 fully saturated rings. The van der Waals surface area contributed by atoms with Gasteiger partial charge in [0, 0.05) is 12.1 Å².